The molecule has 142 valence electrons. The van der Waals surface area contributed by atoms with Crippen LogP contribution in [0.25, 0.3) is 0 Å². The second-order valence-electron chi connectivity index (χ2n) is 7.48. The Bertz CT molecular complexity index is 1170. The van der Waals surface area contributed by atoms with Crippen molar-refractivity contribution in [3.63, 3.8) is 0 Å². The van der Waals surface area contributed by atoms with E-state index < -0.39 is 5.41 Å². The molecular weight excluding hydrogens is 364 g/mol. The number of rotatable bonds is 2. The minimum atomic E-state index is -0.835. The highest BCUT2D eigenvalue weighted by molar-refractivity contribution is 6.11. The molecule has 6 heteroatoms. The maximum absolute atomic E-state index is 13.9. The molecule has 1 unspecified atom stereocenters. The predicted molar refractivity (Wildman–Crippen MR) is 111 cm³/mol. The molecule has 1 atom stereocenters. The summed E-state index contributed by atoms with van der Waals surface area (Å²) in [6.07, 6.45) is 3.59. The fourth-order valence-electron chi connectivity index (χ4n) is 4.57. The lowest BCUT2D eigenvalue weighted by atomic mass is 9.77. The van der Waals surface area contributed by atoms with Crippen molar-refractivity contribution in [3.8, 4) is 5.75 Å². The van der Waals surface area contributed by atoms with Crippen LogP contribution >= 0.6 is 0 Å². The van der Waals surface area contributed by atoms with Gasteiger partial charge >= 0.3 is 0 Å². The number of carbonyl (C=O) groups is 1. The molecule has 6 nitrogen and oxygen atoms in total. The van der Waals surface area contributed by atoms with E-state index in [0.29, 0.717) is 19.7 Å². The van der Waals surface area contributed by atoms with E-state index in [2.05, 4.69) is 15.3 Å². The van der Waals surface area contributed by atoms with Crippen LogP contribution in [-0.4, -0.2) is 30.3 Å². The third kappa shape index (κ3) is 2.20. The van der Waals surface area contributed by atoms with Gasteiger partial charge in [0.15, 0.2) is 0 Å². The first-order valence-electron chi connectivity index (χ1n) is 9.66. The van der Waals surface area contributed by atoms with Crippen molar-refractivity contribution >= 4 is 29.2 Å². The molecule has 29 heavy (non-hydrogen) atoms. The molecule has 0 saturated carbocycles. The summed E-state index contributed by atoms with van der Waals surface area (Å²) in [5.41, 5.74) is 4.61. The Morgan fingerprint density at radius 3 is 2.90 bits per heavy atom. The van der Waals surface area contributed by atoms with Gasteiger partial charge in [0.25, 0.3) is 0 Å². The van der Waals surface area contributed by atoms with Crippen LogP contribution < -0.4 is 15.0 Å². The molecule has 4 heterocycles. The molecule has 0 saturated heterocycles. The standard InChI is InChI=1S/C23H18N4O2/c28-22-23(14-29-21-12-19-18(11-17(21)23)25-9-10-26-19)16-6-1-2-7-20(16)27(22)13-15-5-3-4-8-24-15/h1-8,10-12,25H,9,13-14H2. The topological polar surface area (TPSA) is 66.8 Å². The van der Waals surface area contributed by atoms with Crippen LogP contribution in [0, 0.1) is 0 Å². The molecule has 0 fully saturated rings. The molecule has 1 spiro atoms. The van der Waals surface area contributed by atoms with Crippen LogP contribution in [0.15, 0.2) is 65.8 Å². The Labute approximate surface area is 167 Å². The highest BCUT2D eigenvalue weighted by Crippen LogP contribution is 2.54. The Morgan fingerprint density at radius 2 is 2.00 bits per heavy atom. The first-order valence-corrected chi connectivity index (χ1v) is 9.66. The van der Waals surface area contributed by atoms with Gasteiger partial charge in [0.2, 0.25) is 5.91 Å². The SMILES string of the molecule is O=C1N(Cc2ccccn2)c2ccccc2C12COc1cc3c(cc12)NCC=N3. The summed E-state index contributed by atoms with van der Waals surface area (Å²) in [5.74, 6) is 0.759. The fourth-order valence-corrected chi connectivity index (χ4v) is 4.57. The lowest BCUT2D eigenvalue weighted by Gasteiger charge is -2.24. The molecule has 1 N–H and O–H groups in total. The first-order chi connectivity index (χ1) is 14.3. The second kappa shape index (κ2) is 5.91. The molecular formula is C23H18N4O2. The summed E-state index contributed by atoms with van der Waals surface area (Å²) < 4.78 is 6.06. The number of benzene rings is 2. The van der Waals surface area contributed by atoms with Crippen molar-refractivity contribution in [2.75, 3.05) is 23.4 Å². The summed E-state index contributed by atoms with van der Waals surface area (Å²) in [5, 5.41) is 3.35. The monoisotopic (exact) mass is 382 g/mol. The zero-order chi connectivity index (χ0) is 19.4. The van der Waals surface area contributed by atoms with Gasteiger partial charge < -0.3 is 15.0 Å². The number of pyridine rings is 1. The Morgan fingerprint density at radius 1 is 1.10 bits per heavy atom. The van der Waals surface area contributed by atoms with Crippen molar-refractivity contribution in [3.05, 3.63) is 77.6 Å². The molecule has 3 aromatic rings. The minimum absolute atomic E-state index is 0.0300. The van der Waals surface area contributed by atoms with Crippen molar-refractivity contribution in [1.82, 2.24) is 4.98 Å². The average molecular weight is 382 g/mol. The lowest BCUT2D eigenvalue weighted by Crippen LogP contribution is -2.42. The van der Waals surface area contributed by atoms with Gasteiger partial charge in [-0.2, -0.15) is 0 Å². The van der Waals surface area contributed by atoms with E-state index in [1.165, 1.54) is 0 Å². The van der Waals surface area contributed by atoms with E-state index >= 15 is 0 Å². The van der Waals surface area contributed by atoms with E-state index in [1.807, 2.05) is 65.7 Å². The number of ether oxygens (including phenoxy) is 1. The van der Waals surface area contributed by atoms with Crippen LogP contribution in [0.3, 0.4) is 0 Å². The van der Waals surface area contributed by atoms with Crippen LogP contribution in [0.2, 0.25) is 0 Å². The number of aromatic nitrogens is 1. The molecule has 2 aromatic carbocycles. The Hall–Kier alpha value is -3.67. The molecule has 0 aliphatic carbocycles. The predicted octanol–water partition coefficient (Wildman–Crippen LogP) is 3.43. The summed E-state index contributed by atoms with van der Waals surface area (Å²) in [4.78, 5) is 24.6. The summed E-state index contributed by atoms with van der Waals surface area (Å²) in [7, 11) is 0. The van der Waals surface area contributed by atoms with Crippen molar-refractivity contribution in [2.24, 2.45) is 4.99 Å². The average Bonchev–Trinajstić information content (AvgIpc) is 3.25. The maximum atomic E-state index is 13.9. The van der Waals surface area contributed by atoms with Crippen molar-refractivity contribution in [2.45, 2.75) is 12.0 Å². The number of aliphatic imine (C=N–C) groups is 1. The van der Waals surface area contributed by atoms with Crippen LogP contribution in [-0.2, 0) is 16.8 Å². The van der Waals surface area contributed by atoms with E-state index in [4.69, 9.17) is 4.74 Å². The summed E-state index contributed by atoms with van der Waals surface area (Å²) in [6.45, 7) is 1.40. The Kier molecular flexibility index (Phi) is 3.32. The first kappa shape index (κ1) is 16.3. The van der Waals surface area contributed by atoms with Gasteiger partial charge in [-0.25, -0.2) is 0 Å². The van der Waals surface area contributed by atoms with Crippen molar-refractivity contribution in [1.29, 1.82) is 0 Å². The number of nitrogens with zero attached hydrogens (tertiary/aromatic N) is 3. The number of anilines is 2. The summed E-state index contributed by atoms with van der Waals surface area (Å²) >= 11 is 0. The number of hydrogen-bond donors (Lipinski definition) is 1. The quantitative estimate of drug-likeness (QED) is 0.737. The third-order valence-electron chi connectivity index (χ3n) is 5.93. The highest BCUT2D eigenvalue weighted by Gasteiger charge is 2.57. The minimum Gasteiger partial charge on any atom is -0.491 e. The molecule has 6 rings (SSSR count). The van der Waals surface area contributed by atoms with Crippen LogP contribution in [0.4, 0.5) is 17.1 Å². The van der Waals surface area contributed by atoms with Gasteiger partial charge in [-0.15, -0.1) is 0 Å². The smallest absolute Gasteiger partial charge is 0.246 e. The van der Waals surface area contributed by atoms with Crippen LogP contribution in [0.5, 0.6) is 5.75 Å². The molecule has 0 bridgehead atoms. The normalized spacial score (nSPS) is 20.8. The summed E-state index contributed by atoms with van der Waals surface area (Å²) in [6, 6.07) is 17.7. The molecule has 1 amide bonds. The largest absolute Gasteiger partial charge is 0.491 e. The molecule has 1 aromatic heterocycles. The van der Waals surface area contributed by atoms with E-state index in [-0.39, 0.29) is 5.91 Å². The molecule has 3 aliphatic rings. The van der Waals surface area contributed by atoms with Gasteiger partial charge in [-0.3, -0.25) is 14.8 Å². The second-order valence-corrected chi connectivity index (χ2v) is 7.48. The zero-order valence-corrected chi connectivity index (χ0v) is 15.6. The van der Waals surface area contributed by atoms with Crippen LogP contribution in [0.1, 0.15) is 16.8 Å². The van der Waals surface area contributed by atoms with E-state index in [1.54, 1.807) is 6.20 Å². The number of nitrogens with one attached hydrogen (secondary N) is 1. The fraction of sp³-hybridized carbons (Fsp3) is 0.174. The lowest BCUT2D eigenvalue weighted by molar-refractivity contribution is -0.122. The highest BCUT2D eigenvalue weighted by atomic mass is 16.5. The number of hydrogen-bond acceptors (Lipinski definition) is 5. The van der Waals surface area contributed by atoms with Gasteiger partial charge in [0, 0.05) is 29.7 Å². The van der Waals surface area contributed by atoms with Gasteiger partial charge in [0.05, 0.1) is 30.2 Å². The molecule has 0 radical (unpaired) electrons. The Balaban J connectivity index is 1.52. The third-order valence-corrected chi connectivity index (χ3v) is 5.93. The molecule has 3 aliphatic heterocycles. The van der Waals surface area contributed by atoms with E-state index in [0.717, 1.165) is 39.6 Å². The number of carbonyl (C=O) groups excluding carboxylic acids is 1. The van der Waals surface area contributed by atoms with Gasteiger partial charge in [0.1, 0.15) is 17.8 Å². The van der Waals surface area contributed by atoms with Crippen molar-refractivity contribution < 1.29 is 9.53 Å². The van der Waals surface area contributed by atoms with E-state index in [9.17, 15) is 4.79 Å². The number of para-hydroxylation sites is 1. The van der Waals surface area contributed by atoms with Gasteiger partial charge in [-0.05, 0) is 29.8 Å². The van der Waals surface area contributed by atoms with Gasteiger partial charge in [-0.1, -0.05) is 24.3 Å². The zero-order valence-electron chi connectivity index (χ0n) is 15.6. The number of fused-ring (bicyclic) bond motifs is 5. The number of amides is 1. The maximum Gasteiger partial charge on any atom is 0.246 e.